The van der Waals surface area contributed by atoms with Crippen LogP contribution in [0.25, 0.3) is 0 Å². The van der Waals surface area contributed by atoms with Gasteiger partial charge in [-0.15, -0.1) is 20.4 Å². The van der Waals surface area contributed by atoms with Crippen LogP contribution in [0.5, 0.6) is 0 Å². The molecule has 0 spiro atoms. The van der Waals surface area contributed by atoms with E-state index in [1.54, 1.807) is 0 Å². The van der Waals surface area contributed by atoms with Crippen molar-refractivity contribution in [3.63, 3.8) is 0 Å². The summed E-state index contributed by atoms with van der Waals surface area (Å²) >= 11 is 0. The summed E-state index contributed by atoms with van der Waals surface area (Å²) in [5.74, 6) is -2.80. The molecule has 262 valence electrons. The van der Waals surface area contributed by atoms with Gasteiger partial charge in [-0.2, -0.15) is 0 Å². The van der Waals surface area contributed by atoms with Crippen molar-refractivity contribution >= 4 is 46.0 Å². The van der Waals surface area contributed by atoms with Gasteiger partial charge in [0.2, 0.25) is 0 Å². The number of nitro groups is 8. The third-order valence-corrected chi connectivity index (χ3v) is 4.58. The lowest BCUT2D eigenvalue weighted by Crippen LogP contribution is -1.93. The van der Waals surface area contributed by atoms with Crippen molar-refractivity contribution in [2.75, 3.05) is 0 Å². The van der Waals surface area contributed by atoms with Crippen molar-refractivity contribution in [3.05, 3.63) is 142 Å². The maximum absolute atomic E-state index is 10.0. The predicted molar refractivity (Wildman–Crippen MR) is 154 cm³/mol. The Morgan fingerprint density at radius 1 is 0.320 bits per heavy atom. The van der Waals surface area contributed by atoms with Gasteiger partial charge in [-0.25, -0.2) is 0 Å². The lowest BCUT2D eigenvalue weighted by molar-refractivity contribution is -0.424. The molecular formula is C18H14N16O16. The second-order valence-electron chi connectivity index (χ2n) is 7.63. The molecule has 32 nitrogen and oxygen atoms in total. The molecule has 0 atom stereocenters. The van der Waals surface area contributed by atoms with E-state index in [0.717, 1.165) is 24.8 Å². The first-order valence-electron chi connectivity index (χ1n) is 11.8. The molecule has 4 heterocycles. The van der Waals surface area contributed by atoms with E-state index in [-0.39, 0.29) is 0 Å². The normalized spacial score (nSPS) is 9.28. The summed E-state index contributed by atoms with van der Waals surface area (Å²) in [7, 11) is 0. The molecule has 50 heavy (non-hydrogen) atoms. The summed E-state index contributed by atoms with van der Waals surface area (Å²) in [5, 5.41) is 100. The third-order valence-electron chi connectivity index (χ3n) is 4.58. The van der Waals surface area contributed by atoms with E-state index in [2.05, 4.69) is 20.4 Å². The zero-order valence-electron chi connectivity index (χ0n) is 23.7. The van der Waals surface area contributed by atoms with Crippen LogP contribution in [-0.2, 0) is 0 Å². The summed E-state index contributed by atoms with van der Waals surface area (Å²) in [5.41, 5.74) is -2.52. The Labute approximate surface area is 268 Å². The Morgan fingerprint density at radius 3 is 0.580 bits per heavy atom. The molecular weight excluding hydrogens is 696 g/mol. The SMILES string of the molecule is O=[N+]([O-])c1cn[nH]c1[N+](=O)[O-].O=[N+]([O-])c1cn[nH]c1[N+](=O)[O-].O=[N+]([O-])c1cn[nH]c1[N+](=O)[O-].O=[N+]([O-])c1cn[nH]c1[N+](=O)[O-].c1ccccc1. The van der Waals surface area contributed by atoms with Gasteiger partial charge in [0.15, 0.2) is 24.8 Å². The zero-order chi connectivity index (χ0) is 38.0. The van der Waals surface area contributed by atoms with Crippen LogP contribution in [0.2, 0.25) is 0 Å². The monoisotopic (exact) mass is 710 g/mol. The van der Waals surface area contributed by atoms with Crippen LogP contribution >= 0.6 is 0 Å². The summed E-state index contributed by atoms with van der Waals surface area (Å²) in [6, 6.07) is 12.0. The van der Waals surface area contributed by atoms with E-state index in [1.165, 1.54) is 0 Å². The van der Waals surface area contributed by atoms with E-state index in [4.69, 9.17) is 0 Å². The van der Waals surface area contributed by atoms with Crippen LogP contribution in [0.3, 0.4) is 0 Å². The first kappa shape index (κ1) is 39.3. The van der Waals surface area contributed by atoms with Crippen molar-refractivity contribution in [2.24, 2.45) is 0 Å². The van der Waals surface area contributed by atoms with Gasteiger partial charge < -0.3 is 40.5 Å². The fourth-order valence-electron chi connectivity index (χ4n) is 2.55. The minimum absolute atomic E-state index is 0.630. The molecule has 0 saturated heterocycles. The summed E-state index contributed by atoms with van der Waals surface area (Å²) in [6.07, 6.45) is 3.16. The molecule has 32 heteroatoms. The molecule has 5 rings (SSSR count). The van der Waals surface area contributed by atoms with Crippen LogP contribution in [-0.4, -0.2) is 80.2 Å². The number of hydrogen-bond donors (Lipinski definition) is 4. The Hall–Kier alpha value is -8.74. The lowest BCUT2D eigenvalue weighted by atomic mass is 10.4. The first-order valence-corrected chi connectivity index (χ1v) is 11.8. The number of H-pyrrole nitrogens is 4. The fourth-order valence-corrected chi connectivity index (χ4v) is 2.55. The number of nitrogens with zero attached hydrogens (tertiary/aromatic N) is 12. The second-order valence-corrected chi connectivity index (χ2v) is 7.63. The smallest absolute Gasteiger partial charge is 0.358 e. The van der Waals surface area contributed by atoms with Gasteiger partial charge in [0.05, 0.1) is 19.7 Å². The lowest BCUT2D eigenvalue weighted by Gasteiger charge is -1.86. The van der Waals surface area contributed by atoms with Crippen molar-refractivity contribution in [1.82, 2.24) is 40.8 Å². The highest BCUT2D eigenvalue weighted by Gasteiger charge is 2.27. The molecule has 0 aliphatic heterocycles. The minimum atomic E-state index is -0.898. The van der Waals surface area contributed by atoms with E-state index in [0.29, 0.717) is 0 Å². The molecule has 4 aromatic heterocycles. The molecule has 0 amide bonds. The maximum Gasteiger partial charge on any atom is 0.421 e. The molecule has 0 aliphatic carbocycles. The first-order chi connectivity index (χ1) is 23.5. The highest BCUT2D eigenvalue weighted by molar-refractivity contribution is 5.45. The number of aromatic nitrogens is 8. The van der Waals surface area contributed by atoms with E-state index < -0.39 is 85.4 Å². The molecule has 0 unspecified atom stereocenters. The van der Waals surface area contributed by atoms with Crippen LogP contribution in [0.4, 0.5) is 46.0 Å². The molecule has 4 N–H and O–H groups in total. The second kappa shape index (κ2) is 18.9. The minimum Gasteiger partial charge on any atom is -0.358 e. The van der Waals surface area contributed by atoms with Crippen molar-refractivity contribution in [3.8, 4) is 0 Å². The number of nitrogens with one attached hydrogen (secondary N) is 4. The van der Waals surface area contributed by atoms with Gasteiger partial charge in [-0.1, -0.05) is 56.8 Å². The third kappa shape index (κ3) is 12.0. The van der Waals surface area contributed by atoms with Crippen LogP contribution in [0, 0.1) is 80.9 Å². The Kier molecular flexibility index (Phi) is 14.9. The molecule has 0 bridgehead atoms. The van der Waals surface area contributed by atoms with Crippen molar-refractivity contribution < 1.29 is 39.4 Å². The average molecular weight is 710 g/mol. The van der Waals surface area contributed by atoms with E-state index in [9.17, 15) is 80.9 Å². The van der Waals surface area contributed by atoms with Gasteiger partial charge >= 0.3 is 46.0 Å². The number of hydrogen-bond acceptors (Lipinski definition) is 20. The largest absolute Gasteiger partial charge is 0.421 e. The number of benzene rings is 1. The van der Waals surface area contributed by atoms with Crippen LogP contribution in [0.1, 0.15) is 0 Å². The van der Waals surface area contributed by atoms with Gasteiger partial charge in [0, 0.05) is 0 Å². The number of rotatable bonds is 8. The summed E-state index contributed by atoms with van der Waals surface area (Å²) < 4.78 is 0. The summed E-state index contributed by atoms with van der Waals surface area (Å²) in [4.78, 5) is 73.1. The van der Waals surface area contributed by atoms with Gasteiger partial charge in [-0.3, -0.25) is 40.5 Å². The highest BCUT2D eigenvalue weighted by atomic mass is 16.7. The van der Waals surface area contributed by atoms with Crippen molar-refractivity contribution in [1.29, 1.82) is 0 Å². The molecule has 5 aromatic rings. The maximum atomic E-state index is 10.0. The highest BCUT2D eigenvalue weighted by Crippen LogP contribution is 2.23. The zero-order valence-corrected chi connectivity index (χ0v) is 23.7. The van der Waals surface area contributed by atoms with Crippen LogP contribution in [0.15, 0.2) is 61.2 Å². The predicted octanol–water partition coefficient (Wildman–Crippen LogP) is 2.59. The Balaban J connectivity index is 0.000000316. The molecule has 0 saturated carbocycles. The van der Waals surface area contributed by atoms with Crippen LogP contribution < -0.4 is 0 Å². The molecule has 0 fully saturated rings. The van der Waals surface area contributed by atoms with E-state index >= 15 is 0 Å². The Bertz CT molecular complexity index is 1580. The molecule has 1 aromatic carbocycles. The van der Waals surface area contributed by atoms with Gasteiger partial charge in [0.1, 0.15) is 0 Å². The van der Waals surface area contributed by atoms with Crippen molar-refractivity contribution in [2.45, 2.75) is 0 Å². The summed E-state index contributed by atoms with van der Waals surface area (Å²) in [6.45, 7) is 0. The average Bonchev–Trinajstić information content (AvgIpc) is 3.88. The fraction of sp³-hybridized carbons (Fsp3) is 0. The molecule has 0 radical (unpaired) electrons. The number of aromatic amines is 4. The van der Waals surface area contributed by atoms with E-state index in [1.807, 2.05) is 56.8 Å². The quantitative estimate of drug-likeness (QED) is 0.133. The van der Waals surface area contributed by atoms with Gasteiger partial charge in [0.25, 0.3) is 0 Å². The molecule has 0 aliphatic rings. The Morgan fingerprint density at radius 2 is 0.480 bits per heavy atom. The standard InChI is InChI=1S/C6H6.4C3H2N4O4/c1-2-4-6-5-3-1;4*8-6(9)2-1-4-5-3(2)7(10)11/h1-6H;4*1H,(H,4,5). The topological polar surface area (TPSA) is 460 Å². The van der Waals surface area contributed by atoms with Gasteiger partial charge in [-0.05, 0) is 19.7 Å².